The van der Waals surface area contributed by atoms with Crippen LogP contribution in [0.5, 0.6) is 0 Å². The Morgan fingerprint density at radius 3 is 2.70 bits per heavy atom. The van der Waals surface area contributed by atoms with Crippen LogP contribution in [-0.2, 0) is 10.2 Å². The minimum atomic E-state index is -3.43. The zero-order chi connectivity index (χ0) is 16.8. The lowest BCUT2D eigenvalue weighted by Gasteiger charge is -2.21. The minimum Gasteiger partial charge on any atom is -0.365 e. The second kappa shape index (κ2) is 5.86. The first-order valence-electron chi connectivity index (χ1n) is 7.31. The molecule has 8 heteroatoms. The maximum Gasteiger partial charge on any atom is 0.281 e. The highest BCUT2D eigenvalue weighted by Crippen LogP contribution is 2.40. The molecule has 1 aliphatic heterocycles. The molecule has 1 saturated heterocycles. The Kier molecular flexibility index (Phi) is 4.18. The first kappa shape index (κ1) is 16.4. The van der Waals surface area contributed by atoms with Gasteiger partial charge in [0.1, 0.15) is 0 Å². The first-order valence-corrected chi connectivity index (χ1v) is 9.52. The Bertz CT molecular complexity index is 858. The number of thiophene rings is 1. The number of primary amides is 1. The Morgan fingerprint density at radius 2 is 2.04 bits per heavy atom. The Labute approximate surface area is 139 Å². The highest BCUT2D eigenvalue weighted by molar-refractivity contribution is 7.86. The number of hydrogen-bond donors (Lipinski definition) is 1. The fourth-order valence-corrected chi connectivity index (χ4v) is 5.37. The molecule has 1 aromatic carbocycles. The highest BCUT2D eigenvalue weighted by Gasteiger charge is 2.36. The molecule has 124 valence electrons. The van der Waals surface area contributed by atoms with Crippen molar-refractivity contribution in [1.29, 1.82) is 0 Å². The van der Waals surface area contributed by atoms with Gasteiger partial charge in [-0.15, -0.1) is 11.3 Å². The first-order chi connectivity index (χ1) is 10.8. The van der Waals surface area contributed by atoms with Gasteiger partial charge in [0.05, 0.1) is 4.88 Å². The summed E-state index contributed by atoms with van der Waals surface area (Å²) in [6.45, 7) is 0.828. The number of nitrogens with two attached hydrogens (primary N) is 1. The second-order valence-corrected chi connectivity index (χ2v) is 9.03. The molecule has 0 bridgehead atoms. The van der Waals surface area contributed by atoms with Gasteiger partial charge in [-0.1, -0.05) is 18.2 Å². The maximum absolute atomic E-state index is 12.3. The molecule has 2 aromatic rings. The number of carbonyl (C=O) groups is 1. The molecule has 2 heterocycles. The van der Waals surface area contributed by atoms with E-state index >= 15 is 0 Å². The predicted octanol–water partition coefficient (Wildman–Crippen LogP) is 1.60. The second-order valence-electron chi connectivity index (χ2n) is 5.84. The zero-order valence-corrected chi connectivity index (χ0v) is 14.7. The molecule has 0 unspecified atom stereocenters. The number of fused-ring (bicyclic) bond motifs is 1. The number of hydrogen-bond acceptors (Lipinski definition) is 4. The number of rotatable bonds is 4. The summed E-state index contributed by atoms with van der Waals surface area (Å²) < 4.78 is 28.3. The fourth-order valence-electron chi connectivity index (χ4n) is 3.06. The van der Waals surface area contributed by atoms with Crippen LogP contribution in [0, 0.1) is 0 Å². The summed E-state index contributed by atoms with van der Waals surface area (Å²) in [4.78, 5) is 12.4. The van der Waals surface area contributed by atoms with Crippen molar-refractivity contribution in [3.8, 4) is 0 Å². The van der Waals surface area contributed by atoms with Crippen LogP contribution in [-0.4, -0.2) is 50.1 Å². The summed E-state index contributed by atoms with van der Waals surface area (Å²) in [6, 6.07) is 7.77. The van der Waals surface area contributed by atoms with E-state index < -0.39 is 16.1 Å². The largest absolute Gasteiger partial charge is 0.365 e. The molecule has 0 aliphatic carbocycles. The van der Waals surface area contributed by atoms with Crippen molar-refractivity contribution in [3.05, 3.63) is 34.7 Å². The predicted molar refractivity (Wildman–Crippen MR) is 91.9 cm³/mol. The van der Waals surface area contributed by atoms with Crippen molar-refractivity contribution in [2.45, 2.75) is 12.3 Å². The molecule has 0 radical (unpaired) electrons. The summed E-state index contributed by atoms with van der Waals surface area (Å²) in [7, 11) is -0.383. The summed E-state index contributed by atoms with van der Waals surface area (Å²) in [5, 5.41) is 1.00. The molecule has 1 atom stereocenters. The van der Waals surface area contributed by atoms with Gasteiger partial charge in [-0.3, -0.25) is 4.79 Å². The molecule has 2 N–H and O–H groups in total. The van der Waals surface area contributed by atoms with Crippen LogP contribution < -0.4 is 5.73 Å². The molecule has 1 fully saturated rings. The number of amides is 1. The molecular weight excluding hydrogens is 334 g/mol. The third kappa shape index (κ3) is 2.76. The van der Waals surface area contributed by atoms with Gasteiger partial charge in [-0.05, 0) is 23.4 Å². The number of carbonyl (C=O) groups excluding carboxylic acids is 1. The van der Waals surface area contributed by atoms with Gasteiger partial charge >= 0.3 is 0 Å². The van der Waals surface area contributed by atoms with E-state index in [4.69, 9.17) is 5.73 Å². The maximum atomic E-state index is 12.3. The number of benzene rings is 1. The van der Waals surface area contributed by atoms with Crippen LogP contribution in [0.3, 0.4) is 0 Å². The fraction of sp³-hybridized carbons (Fsp3) is 0.400. The SMILES string of the molecule is CN(C)S(=O)(=O)N1CC[C@H](c2c(C(N)=O)sc3ccccc23)C1. The molecule has 23 heavy (non-hydrogen) atoms. The highest BCUT2D eigenvalue weighted by atomic mass is 32.2. The lowest BCUT2D eigenvalue weighted by Crippen LogP contribution is -2.38. The van der Waals surface area contributed by atoms with Crippen LogP contribution >= 0.6 is 11.3 Å². The lowest BCUT2D eigenvalue weighted by atomic mass is 9.95. The van der Waals surface area contributed by atoms with Crippen LogP contribution in [0.1, 0.15) is 27.6 Å². The van der Waals surface area contributed by atoms with Crippen molar-refractivity contribution in [3.63, 3.8) is 0 Å². The average Bonchev–Trinajstić information content (AvgIpc) is 3.11. The van der Waals surface area contributed by atoms with Crippen molar-refractivity contribution in [1.82, 2.24) is 8.61 Å². The van der Waals surface area contributed by atoms with Gasteiger partial charge in [0.2, 0.25) is 0 Å². The normalized spacial score (nSPS) is 19.7. The van der Waals surface area contributed by atoms with Crippen molar-refractivity contribution in [2.75, 3.05) is 27.2 Å². The Balaban J connectivity index is 2.02. The molecule has 1 aromatic heterocycles. The molecule has 1 amide bonds. The van der Waals surface area contributed by atoms with Gasteiger partial charge in [0.15, 0.2) is 0 Å². The van der Waals surface area contributed by atoms with E-state index in [1.165, 1.54) is 34.0 Å². The monoisotopic (exact) mass is 353 g/mol. The quantitative estimate of drug-likeness (QED) is 0.906. The lowest BCUT2D eigenvalue weighted by molar-refractivity contribution is 0.100. The molecule has 1 aliphatic rings. The molecule has 0 spiro atoms. The van der Waals surface area contributed by atoms with E-state index in [1.54, 1.807) is 0 Å². The van der Waals surface area contributed by atoms with E-state index in [-0.39, 0.29) is 5.92 Å². The van der Waals surface area contributed by atoms with Crippen LogP contribution in [0.4, 0.5) is 0 Å². The van der Waals surface area contributed by atoms with Gasteiger partial charge in [-0.25, -0.2) is 0 Å². The van der Waals surface area contributed by atoms with Gasteiger partial charge in [-0.2, -0.15) is 17.0 Å². The summed E-state index contributed by atoms with van der Waals surface area (Å²) in [5.74, 6) is -0.460. The molecule has 3 rings (SSSR count). The van der Waals surface area contributed by atoms with Crippen molar-refractivity contribution in [2.24, 2.45) is 5.73 Å². The standard InChI is InChI=1S/C15H19N3O3S2/c1-17(2)23(20,21)18-8-7-10(9-18)13-11-5-3-4-6-12(11)22-14(13)15(16)19/h3-6,10H,7-9H2,1-2H3,(H2,16,19)/t10-/m0/s1. The van der Waals surface area contributed by atoms with E-state index in [0.29, 0.717) is 24.4 Å². The summed E-state index contributed by atoms with van der Waals surface area (Å²) in [6.07, 6.45) is 0.689. The van der Waals surface area contributed by atoms with Gasteiger partial charge < -0.3 is 5.73 Å². The van der Waals surface area contributed by atoms with Crippen LogP contribution in [0.2, 0.25) is 0 Å². The smallest absolute Gasteiger partial charge is 0.281 e. The van der Waals surface area contributed by atoms with E-state index in [2.05, 4.69) is 0 Å². The molecule has 6 nitrogen and oxygen atoms in total. The third-order valence-electron chi connectivity index (χ3n) is 4.20. The topological polar surface area (TPSA) is 83.7 Å². The zero-order valence-electron chi connectivity index (χ0n) is 13.0. The van der Waals surface area contributed by atoms with E-state index in [9.17, 15) is 13.2 Å². The Hall–Kier alpha value is -1.48. The van der Waals surface area contributed by atoms with E-state index in [0.717, 1.165) is 15.6 Å². The van der Waals surface area contributed by atoms with Crippen LogP contribution in [0.25, 0.3) is 10.1 Å². The minimum absolute atomic E-state index is 0.0108. The third-order valence-corrected chi connectivity index (χ3v) is 7.31. The van der Waals surface area contributed by atoms with E-state index in [1.807, 2.05) is 24.3 Å². The molecule has 0 saturated carbocycles. The summed E-state index contributed by atoms with van der Waals surface area (Å²) in [5.41, 5.74) is 6.44. The Morgan fingerprint density at radius 1 is 1.35 bits per heavy atom. The van der Waals surface area contributed by atoms with Crippen LogP contribution in [0.15, 0.2) is 24.3 Å². The molecular formula is C15H19N3O3S2. The van der Waals surface area contributed by atoms with Crippen molar-refractivity contribution >= 4 is 37.5 Å². The van der Waals surface area contributed by atoms with Gasteiger partial charge in [0, 0.05) is 37.8 Å². The van der Waals surface area contributed by atoms with Crippen molar-refractivity contribution < 1.29 is 13.2 Å². The van der Waals surface area contributed by atoms with Gasteiger partial charge in [0.25, 0.3) is 16.1 Å². The average molecular weight is 353 g/mol. The number of nitrogens with zero attached hydrogens (tertiary/aromatic N) is 2. The summed E-state index contributed by atoms with van der Waals surface area (Å²) >= 11 is 1.38.